The fraction of sp³-hybridized carbons (Fsp3) is 0.154. The van der Waals surface area contributed by atoms with Crippen LogP contribution in [0.1, 0.15) is 5.56 Å². The van der Waals surface area contributed by atoms with Crippen LogP contribution in [0.5, 0.6) is 5.88 Å². The zero-order valence-electron chi connectivity index (χ0n) is 10.3. The van der Waals surface area contributed by atoms with Gasteiger partial charge in [-0.1, -0.05) is 0 Å². The molecule has 0 aliphatic carbocycles. The van der Waals surface area contributed by atoms with Crippen molar-refractivity contribution in [2.24, 2.45) is 0 Å². The van der Waals surface area contributed by atoms with Gasteiger partial charge in [0.25, 0.3) is 0 Å². The lowest BCUT2D eigenvalue weighted by atomic mass is 10.3. The van der Waals surface area contributed by atoms with Gasteiger partial charge >= 0.3 is 0 Å². The van der Waals surface area contributed by atoms with Crippen molar-refractivity contribution < 1.29 is 4.74 Å². The minimum atomic E-state index is 0.574. The van der Waals surface area contributed by atoms with E-state index in [0.717, 1.165) is 16.7 Å². The van der Waals surface area contributed by atoms with E-state index >= 15 is 0 Å². The minimum absolute atomic E-state index is 0.574. The highest BCUT2D eigenvalue weighted by Crippen LogP contribution is 2.17. The van der Waals surface area contributed by atoms with Crippen LogP contribution in [0, 0.1) is 4.77 Å². The van der Waals surface area contributed by atoms with E-state index in [9.17, 15) is 0 Å². The lowest BCUT2D eigenvalue weighted by molar-refractivity contribution is 0.399. The predicted molar refractivity (Wildman–Crippen MR) is 74.8 cm³/mol. The van der Waals surface area contributed by atoms with E-state index in [1.807, 2.05) is 28.8 Å². The van der Waals surface area contributed by atoms with Crippen molar-refractivity contribution in [1.29, 1.82) is 0 Å². The number of fused-ring (bicyclic) bond motifs is 1. The van der Waals surface area contributed by atoms with Gasteiger partial charge < -0.3 is 9.72 Å². The van der Waals surface area contributed by atoms with Gasteiger partial charge in [-0.05, 0) is 36.0 Å². The van der Waals surface area contributed by atoms with Gasteiger partial charge in [0.1, 0.15) is 0 Å². The average Bonchev–Trinajstić information content (AvgIpc) is 2.76. The van der Waals surface area contributed by atoms with Crippen LogP contribution in [0.2, 0.25) is 0 Å². The average molecular weight is 272 g/mol. The quantitative estimate of drug-likeness (QED) is 0.744. The first-order chi connectivity index (χ1) is 9.28. The van der Waals surface area contributed by atoms with Crippen LogP contribution in [-0.2, 0) is 6.54 Å². The Morgan fingerprint density at radius 3 is 2.79 bits per heavy atom. The molecule has 1 N–H and O–H groups in total. The number of H-pyrrole nitrogens is 1. The molecule has 0 saturated heterocycles. The Bertz CT molecular complexity index is 763. The molecular weight excluding hydrogens is 260 g/mol. The number of hydrogen-bond acceptors (Lipinski definition) is 4. The molecule has 0 atom stereocenters. The monoisotopic (exact) mass is 272 g/mol. The zero-order chi connectivity index (χ0) is 13.2. The molecule has 0 fully saturated rings. The largest absolute Gasteiger partial charge is 0.481 e. The molecule has 0 amide bonds. The van der Waals surface area contributed by atoms with E-state index in [0.29, 0.717) is 17.2 Å². The summed E-state index contributed by atoms with van der Waals surface area (Å²) >= 11 is 5.34. The second-order valence-corrected chi connectivity index (χ2v) is 4.48. The standard InChI is InChI=1S/C13H12N4OS/c1-18-11-3-2-10-12(16-11)17(13(19)15-10)8-9-4-6-14-7-5-9/h2-7H,8H2,1H3,(H,15,19). The van der Waals surface area contributed by atoms with Crippen molar-refractivity contribution in [3.63, 3.8) is 0 Å². The molecule has 0 radical (unpaired) electrons. The Kier molecular flexibility index (Phi) is 3.00. The molecule has 5 nitrogen and oxygen atoms in total. The Morgan fingerprint density at radius 2 is 2.05 bits per heavy atom. The number of imidazole rings is 1. The van der Waals surface area contributed by atoms with Crippen LogP contribution in [0.3, 0.4) is 0 Å². The summed E-state index contributed by atoms with van der Waals surface area (Å²) in [5.41, 5.74) is 2.82. The second-order valence-electron chi connectivity index (χ2n) is 4.10. The number of nitrogens with one attached hydrogen (secondary N) is 1. The van der Waals surface area contributed by atoms with Crippen molar-refractivity contribution >= 4 is 23.4 Å². The number of ether oxygens (including phenoxy) is 1. The van der Waals surface area contributed by atoms with Crippen LogP contribution in [0.4, 0.5) is 0 Å². The second kappa shape index (κ2) is 4.81. The Labute approximate surface area is 114 Å². The van der Waals surface area contributed by atoms with E-state index in [1.165, 1.54) is 0 Å². The molecule has 6 heteroatoms. The molecule has 0 aliphatic rings. The van der Waals surface area contributed by atoms with E-state index in [-0.39, 0.29) is 0 Å². The smallest absolute Gasteiger partial charge is 0.215 e. The normalized spacial score (nSPS) is 10.8. The SMILES string of the molecule is COc1ccc2[nH]c(=S)n(Cc3ccncc3)c2n1. The molecule has 0 aromatic carbocycles. The van der Waals surface area contributed by atoms with E-state index in [1.54, 1.807) is 19.5 Å². The highest BCUT2D eigenvalue weighted by molar-refractivity contribution is 7.71. The van der Waals surface area contributed by atoms with Crippen molar-refractivity contribution in [1.82, 2.24) is 19.5 Å². The lowest BCUT2D eigenvalue weighted by Crippen LogP contribution is -2.01. The first-order valence-electron chi connectivity index (χ1n) is 5.80. The minimum Gasteiger partial charge on any atom is -0.481 e. The van der Waals surface area contributed by atoms with Crippen LogP contribution in [0.25, 0.3) is 11.2 Å². The van der Waals surface area contributed by atoms with Gasteiger partial charge in [0.05, 0.1) is 19.2 Å². The molecule has 0 bridgehead atoms. The molecule has 3 aromatic heterocycles. The van der Waals surface area contributed by atoms with Gasteiger partial charge in [-0.25, -0.2) is 0 Å². The Morgan fingerprint density at radius 1 is 1.26 bits per heavy atom. The molecule has 19 heavy (non-hydrogen) atoms. The van der Waals surface area contributed by atoms with Crippen LogP contribution >= 0.6 is 12.2 Å². The van der Waals surface area contributed by atoms with Gasteiger partial charge in [0.15, 0.2) is 10.4 Å². The van der Waals surface area contributed by atoms with E-state index in [4.69, 9.17) is 17.0 Å². The fourth-order valence-corrected chi connectivity index (χ4v) is 2.21. The van der Waals surface area contributed by atoms with Crippen molar-refractivity contribution in [3.8, 4) is 5.88 Å². The highest BCUT2D eigenvalue weighted by Gasteiger charge is 2.07. The highest BCUT2D eigenvalue weighted by atomic mass is 32.1. The maximum Gasteiger partial charge on any atom is 0.215 e. The third kappa shape index (κ3) is 2.22. The summed E-state index contributed by atoms with van der Waals surface area (Å²) in [6.45, 7) is 0.654. The van der Waals surface area contributed by atoms with Gasteiger partial charge in [0, 0.05) is 18.5 Å². The molecule has 0 saturated carbocycles. The lowest BCUT2D eigenvalue weighted by Gasteiger charge is -2.04. The fourth-order valence-electron chi connectivity index (χ4n) is 1.94. The van der Waals surface area contributed by atoms with Crippen LogP contribution < -0.4 is 4.74 Å². The van der Waals surface area contributed by atoms with Crippen molar-refractivity contribution in [3.05, 3.63) is 47.0 Å². The third-order valence-electron chi connectivity index (χ3n) is 2.89. The maximum absolute atomic E-state index is 5.34. The summed E-state index contributed by atoms with van der Waals surface area (Å²) in [7, 11) is 1.60. The molecule has 0 spiro atoms. The maximum atomic E-state index is 5.34. The third-order valence-corrected chi connectivity index (χ3v) is 3.21. The van der Waals surface area contributed by atoms with Crippen LogP contribution in [-0.4, -0.2) is 26.6 Å². The summed E-state index contributed by atoms with van der Waals surface area (Å²) in [4.78, 5) is 11.6. The molecule has 96 valence electrons. The summed E-state index contributed by atoms with van der Waals surface area (Å²) in [6.07, 6.45) is 3.53. The number of aromatic amines is 1. The Hall–Kier alpha value is -2.21. The molecule has 3 rings (SSSR count). The number of pyridine rings is 2. The topological polar surface area (TPSA) is 55.7 Å². The summed E-state index contributed by atoms with van der Waals surface area (Å²) in [5.74, 6) is 0.574. The van der Waals surface area contributed by atoms with Crippen molar-refractivity contribution in [2.75, 3.05) is 7.11 Å². The van der Waals surface area contributed by atoms with Crippen LogP contribution in [0.15, 0.2) is 36.7 Å². The first-order valence-corrected chi connectivity index (χ1v) is 6.21. The number of methoxy groups -OCH3 is 1. The van der Waals surface area contributed by atoms with Gasteiger partial charge in [0.2, 0.25) is 5.88 Å². The number of rotatable bonds is 3. The molecular formula is C13H12N4OS. The molecule has 0 aliphatic heterocycles. The van der Waals surface area contributed by atoms with E-state index < -0.39 is 0 Å². The van der Waals surface area contributed by atoms with Gasteiger partial charge in [-0.2, -0.15) is 4.98 Å². The summed E-state index contributed by atoms with van der Waals surface area (Å²) in [6, 6.07) is 7.64. The number of aromatic nitrogens is 4. The summed E-state index contributed by atoms with van der Waals surface area (Å²) < 4.78 is 7.75. The summed E-state index contributed by atoms with van der Waals surface area (Å²) in [5, 5.41) is 0. The molecule has 3 heterocycles. The van der Waals surface area contributed by atoms with Crippen molar-refractivity contribution in [2.45, 2.75) is 6.54 Å². The van der Waals surface area contributed by atoms with Gasteiger partial charge in [-0.15, -0.1) is 0 Å². The molecule has 0 unspecified atom stereocenters. The zero-order valence-corrected chi connectivity index (χ0v) is 11.1. The molecule has 3 aromatic rings. The number of nitrogens with zero attached hydrogens (tertiary/aromatic N) is 3. The first kappa shape index (κ1) is 11.9. The Balaban J connectivity index is 2.12. The predicted octanol–water partition coefficient (Wildman–Crippen LogP) is 2.55. The van der Waals surface area contributed by atoms with Gasteiger partial charge in [-0.3, -0.25) is 9.55 Å². The number of hydrogen-bond donors (Lipinski definition) is 1. The van der Waals surface area contributed by atoms with E-state index in [2.05, 4.69) is 15.0 Å².